The first kappa shape index (κ1) is 10.9. The first-order valence-corrected chi connectivity index (χ1v) is 4.36. The third-order valence-electron chi connectivity index (χ3n) is 1.90. The Morgan fingerprint density at radius 1 is 1.00 bits per heavy atom. The molecule has 0 aliphatic carbocycles. The summed E-state index contributed by atoms with van der Waals surface area (Å²) >= 11 is 0. The predicted molar refractivity (Wildman–Crippen MR) is 47.2 cm³/mol. The zero-order valence-corrected chi connectivity index (χ0v) is 7.13. The van der Waals surface area contributed by atoms with E-state index >= 15 is 0 Å². The van der Waals surface area contributed by atoms with Crippen LogP contribution in [0, 0.1) is 5.92 Å². The fourth-order valence-electron chi connectivity index (χ4n) is 1.14. The molecule has 0 aromatic heterocycles. The number of hydrogen-bond donors (Lipinski definition) is 3. The van der Waals surface area contributed by atoms with E-state index in [0.717, 1.165) is 32.2 Å². The van der Waals surface area contributed by atoms with Gasteiger partial charge in [-0.3, -0.25) is 0 Å². The molecule has 0 amide bonds. The molecule has 0 spiro atoms. The Hall–Kier alpha value is -0.120. The number of rotatable bonds is 7. The summed E-state index contributed by atoms with van der Waals surface area (Å²) in [6.07, 6.45) is 4.16. The Kier molecular flexibility index (Phi) is 7.89. The van der Waals surface area contributed by atoms with E-state index in [0.29, 0.717) is 12.5 Å². The van der Waals surface area contributed by atoms with Crippen LogP contribution in [-0.4, -0.2) is 24.8 Å². The van der Waals surface area contributed by atoms with E-state index in [-0.39, 0.29) is 6.61 Å². The van der Waals surface area contributed by atoms with Crippen molar-refractivity contribution in [3.8, 4) is 0 Å². The van der Waals surface area contributed by atoms with E-state index in [1.807, 2.05) is 0 Å². The van der Waals surface area contributed by atoms with Crippen LogP contribution in [0.4, 0.5) is 0 Å². The van der Waals surface area contributed by atoms with Gasteiger partial charge in [0.1, 0.15) is 0 Å². The van der Waals surface area contributed by atoms with Gasteiger partial charge in [0.2, 0.25) is 0 Å². The molecule has 0 bridgehead atoms. The van der Waals surface area contributed by atoms with Crippen LogP contribution >= 0.6 is 0 Å². The summed E-state index contributed by atoms with van der Waals surface area (Å²) in [6, 6.07) is 0. The molecule has 1 atom stereocenters. The van der Waals surface area contributed by atoms with Gasteiger partial charge in [-0.05, 0) is 38.3 Å². The van der Waals surface area contributed by atoms with Crippen LogP contribution in [0.3, 0.4) is 0 Å². The van der Waals surface area contributed by atoms with Crippen LogP contribution in [0.15, 0.2) is 0 Å². The second-order valence-electron chi connectivity index (χ2n) is 2.91. The molecule has 5 N–H and O–H groups in total. The lowest BCUT2D eigenvalue weighted by Crippen LogP contribution is -2.13. The highest BCUT2D eigenvalue weighted by Crippen LogP contribution is 2.10. The van der Waals surface area contributed by atoms with Gasteiger partial charge in [-0.25, -0.2) is 0 Å². The molecule has 0 heterocycles. The molecule has 0 fully saturated rings. The molecule has 3 heteroatoms. The van der Waals surface area contributed by atoms with Gasteiger partial charge in [-0.2, -0.15) is 0 Å². The first-order chi connectivity index (χ1) is 5.35. The van der Waals surface area contributed by atoms with Crippen molar-refractivity contribution in [2.75, 3.05) is 19.7 Å². The lowest BCUT2D eigenvalue weighted by Gasteiger charge is -2.11. The van der Waals surface area contributed by atoms with Gasteiger partial charge in [0, 0.05) is 6.61 Å². The van der Waals surface area contributed by atoms with Crippen molar-refractivity contribution in [1.29, 1.82) is 0 Å². The number of aliphatic hydroxyl groups excluding tert-OH is 1. The van der Waals surface area contributed by atoms with E-state index in [1.165, 1.54) is 0 Å². The molecule has 3 nitrogen and oxygen atoms in total. The van der Waals surface area contributed by atoms with Gasteiger partial charge >= 0.3 is 0 Å². The van der Waals surface area contributed by atoms with Gasteiger partial charge in [-0.1, -0.05) is 6.42 Å². The maximum absolute atomic E-state index is 8.87. The standard InChI is InChI=1S/C8H20N2O/c9-5-2-1-3-8(7-11)4-6-10/h8,11H,1-7,9-10H2. The summed E-state index contributed by atoms with van der Waals surface area (Å²) in [4.78, 5) is 0. The van der Waals surface area contributed by atoms with E-state index < -0.39 is 0 Å². The highest BCUT2D eigenvalue weighted by atomic mass is 16.3. The van der Waals surface area contributed by atoms with E-state index in [2.05, 4.69) is 0 Å². The van der Waals surface area contributed by atoms with Crippen molar-refractivity contribution in [2.24, 2.45) is 17.4 Å². The molecule has 1 unspecified atom stereocenters. The van der Waals surface area contributed by atoms with E-state index in [1.54, 1.807) is 0 Å². The summed E-state index contributed by atoms with van der Waals surface area (Å²) in [7, 11) is 0. The Morgan fingerprint density at radius 3 is 2.18 bits per heavy atom. The molecule has 0 saturated carbocycles. The SMILES string of the molecule is NCCCCC(CO)CCN. The van der Waals surface area contributed by atoms with Crippen molar-refractivity contribution in [1.82, 2.24) is 0 Å². The Morgan fingerprint density at radius 2 is 1.73 bits per heavy atom. The molecule has 0 aromatic rings. The lowest BCUT2D eigenvalue weighted by molar-refractivity contribution is 0.210. The van der Waals surface area contributed by atoms with Gasteiger partial charge in [-0.15, -0.1) is 0 Å². The number of hydrogen-bond acceptors (Lipinski definition) is 3. The van der Waals surface area contributed by atoms with Gasteiger partial charge in [0.25, 0.3) is 0 Å². The smallest absolute Gasteiger partial charge is 0.0459 e. The van der Waals surface area contributed by atoms with Crippen molar-refractivity contribution < 1.29 is 5.11 Å². The molecule has 0 rings (SSSR count). The van der Waals surface area contributed by atoms with Crippen LogP contribution in [0.25, 0.3) is 0 Å². The Balaban J connectivity index is 3.20. The van der Waals surface area contributed by atoms with Crippen molar-refractivity contribution in [3.63, 3.8) is 0 Å². The average molecular weight is 160 g/mol. The van der Waals surface area contributed by atoms with Gasteiger partial charge in [0.05, 0.1) is 0 Å². The predicted octanol–water partition coefficient (Wildman–Crippen LogP) is 0.0727. The summed E-state index contributed by atoms with van der Waals surface area (Å²) in [6.45, 7) is 1.69. The summed E-state index contributed by atoms with van der Waals surface area (Å²) in [5.74, 6) is 0.395. The zero-order chi connectivity index (χ0) is 8.53. The summed E-state index contributed by atoms with van der Waals surface area (Å²) in [5.41, 5.74) is 10.7. The van der Waals surface area contributed by atoms with E-state index in [4.69, 9.17) is 16.6 Å². The van der Waals surface area contributed by atoms with Crippen LogP contribution in [0.1, 0.15) is 25.7 Å². The summed E-state index contributed by atoms with van der Waals surface area (Å²) in [5, 5.41) is 8.87. The number of nitrogens with two attached hydrogens (primary N) is 2. The zero-order valence-electron chi connectivity index (χ0n) is 7.13. The molecule has 0 aliphatic heterocycles. The van der Waals surface area contributed by atoms with Gasteiger partial charge in [0.15, 0.2) is 0 Å². The molecular weight excluding hydrogens is 140 g/mol. The highest BCUT2D eigenvalue weighted by molar-refractivity contribution is 4.58. The first-order valence-electron chi connectivity index (χ1n) is 4.36. The topological polar surface area (TPSA) is 72.3 Å². The fourth-order valence-corrected chi connectivity index (χ4v) is 1.14. The maximum Gasteiger partial charge on any atom is 0.0459 e. The summed E-state index contributed by atoms with van der Waals surface area (Å²) < 4.78 is 0. The highest BCUT2D eigenvalue weighted by Gasteiger charge is 2.04. The molecule has 0 aliphatic rings. The van der Waals surface area contributed by atoms with Crippen LogP contribution in [0.2, 0.25) is 0 Å². The third-order valence-corrected chi connectivity index (χ3v) is 1.90. The van der Waals surface area contributed by atoms with Crippen LogP contribution in [-0.2, 0) is 0 Å². The molecule has 0 saturated heterocycles. The normalized spacial score (nSPS) is 13.4. The molecular formula is C8H20N2O. The monoisotopic (exact) mass is 160 g/mol. The molecule has 11 heavy (non-hydrogen) atoms. The van der Waals surface area contributed by atoms with Crippen molar-refractivity contribution >= 4 is 0 Å². The van der Waals surface area contributed by atoms with Crippen LogP contribution < -0.4 is 11.5 Å². The van der Waals surface area contributed by atoms with Gasteiger partial charge < -0.3 is 16.6 Å². The van der Waals surface area contributed by atoms with E-state index in [9.17, 15) is 0 Å². The lowest BCUT2D eigenvalue weighted by atomic mass is 9.99. The minimum absolute atomic E-state index is 0.266. The molecule has 68 valence electrons. The molecule has 0 aromatic carbocycles. The van der Waals surface area contributed by atoms with Crippen molar-refractivity contribution in [2.45, 2.75) is 25.7 Å². The van der Waals surface area contributed by atoms with Crippen molar-refractivity contribution in [3.05, 3.63) is 0 Å². The largest absolute Gasteiger partial charge is 0.396 e. The third kappa shape index (κ3) is 6.28. The quantitative estimate of drug-likeness (QED) is 0.462. The Bertz CT molecular complexity index is 78.5. The Labute approximate surface area is 68.8 Å². The minimum atomic E-state index is 0.266. The maximum atomic E-state index is 8.87. The van der Waals surface area contributed by atoms with Crippen LogP contribution in [0.5, 0.6) is 0 Å². The fraction of sp³-hybridized carbons (Fsp3) is 1.00. The second-order valence-corrected chi connectivity index (χ2v) is 2.91. The average Bonchev–Trinajstić information content (AvgIpc) is 2.03. The number of aliphatic hydroxyl groups is 1. The molecule has 0 radical (unpaired) electrons. The second kappa shape index (κ2) is 7.98. The minimum Gasteiger partial charge on any atom is -0.396 e. The number of unbranched alkanes of at least 4 members (excludes halogenated alkanes) is 1.